The highest BCUT2D eigenvalue weighted by Crippen LogP contribution is 2.24. The SMILES string of the molecule is CCCCNC(=O)COc1ccc(-c2nc(-c3ccccc3)no2)cc1. The first-order chi connectivity index (χ1) is 12.8. The number of hydrogen-bond donors (Lipinski definition) is 1. The minimum atomic E-state index is -0.119. The molecule has 0 spiro atoms. The highest BCUT2D eigenvalue weighted by Gasteiger charge is 2.10. The number of carbonyl (C=O) groups excluding carboxylic acids is 1. The van der Waals surface area contributed by atoms with Crippen LogP contribution < -0.4 is 10.1 Å². The zero-order valence-corrected chi connectivity index (χ0v) is 14.6. The molecule has 6 heteroatoms. The Kier molecular flexibility index (Phi) is 5.98. The Morgan fingerprint density at radius 3 is 2.58 bits per heavy atom. The van der Waals surface area contributed by atoms with Crippen molar-refractivity contribution in [2.45, 2.75) is 19.8 Å². The summed E-state index contributed by atoms with van der Waals surface area (Å²) in [5, 5.41) is 6.82. The molecule has 0 aliphatic carbocycles. The van der Waals surface area contributed by atoms with Crippen LogP contribution >= 0.6 is 0 Å². The van der Waals surface area contributed by atoms with E-state index in [1.807, 2.05) is 42.5 Å². The predicted octanol–water partition coefficient (Wildman–Crippen LogP) is 3.70. The maximum absolute atomic E-state index is 11.6. The van der Waals surface area contributed by atoms with Gasteiger partial charge in [0.15, 0.2) is 6.61 Å². The molecule has 0 fully saturated rings. The van der Waals surface area contributed by atoms with Crippen molar-refractivity contribution in [3.05, 3.63) is 54.6 Å². The van der Waals surface area contributed by atoms with Crippen molar-refractivity contribution in [3.63, 3.8) is 0 Å². The van der Waals surface area contributed by atoms with Crippen LogP contribution in [0.3, 0.4) is 0 Å². The Morgan fingerprint density at radius 1 is 1.08 bits per heavy atom. The zero-order valence-electron chi connectivity index (χ0n) is 14.6. The minimum Gasteiger partial charge on any atom is -0.484 e. The summed E-state index contributed by atoms with van der Waals surface area (Å²) in [6.45, 7) is 2.76. The molecule has 26 heavy (non-hydrogen) atoms. The topological polar surface area (TPSA) is 77.2 Å². The van der Waals surface area contributed by atoms with Gasteiger partial charge in [0.25, 0.3) is 11.8 Å². The Hall–Kier alpha value is -3.15. The van der Waals surface area contributed by atoms with Crippen LogP contribution in [0.1, 0.15) is 19.8 Å². The molecule has 3 aromatic rings. The van der Waals surface area contributed by atoms with Gasteiger partial charge in [0, 0.05) is 17.7 Å². The molecule has 0 unspecified atom stereocenters. The van der Waals surface area contributed by atoms with Gasteiger partial charge in [0.1, 0.15) is 5.75 Å². The second kappa shape index (κ2) is 8.80. The summed E-state index contributed by atoms with van der Waals surface area (Å²) in [5.74, 6) is 1.48. The van der Waals surface area contributed by atoms with Crippen molar-refractivity contribution >= 4 is 5.91 Å². The van der Waals surface area contributed by atoms with E-state index in [0.29, 0.717) is 24.0 Å². The molecule has 3 rings (SSSR count). The normalized spacial score (nSPS) is 10.5. The van der Waals surface area contributed by atoms with Crippen LogP contribution in [0, 0.1) is 0 Å². The van der Waals surface area contributed by atoms with Crippen molar-refractivity contribution in [1.82, 2.24) is 15.5 Å². The number of benzene rings is 2. The van der Waals surface area contributed by atoms with Gasteiger partial charge in [-0.15, -0.1) is 0 Å². The molecule has 0 saturated carbocycles. The predicted molar refractivity (Wildman–Crippen MR) is 98.6 cm³/mol. The third-order valence-corrected chi connectivity index (χ3v) is 3.78. The Bertz CT molecular complexity index is 829. The van der Waals surface area contributed by atoms with E-state index >= 15 is 0 Å². The van der Waals surface area contributed by atoms with Crippen molar-refractivity contribution in [2.24, 2.45) is 0 Å². The number of aromatic nitrogens is 2. The third-order valence-electron chi connectivity index (χ3n) is 3.78. The zero-order chi connectivity index (χ0) is 18.2. The second-order valence-electron chi connectivity index (χ2n) is 5.81. The van der Waals surface area contributed by atoms with Crippen molar-refractivity contribution in [1.29, 1.82) is 0 Å². The summed E-state index contributed by atoms with van der Waals surface area (Å²) < 4.78 is 10.8. The molecule has 0 bridgehead atoms. The first kappa shape index (κ1) is 17.7. The summed E-state index contributed by atoms with van der Waals surface area (Å²) in [6.07, 6.45) is 2.01. The van der Waals surface area contributed by atoms with E-state index in [4.69, 9.17) is 9.26 Å². The lowest BCUT2D eigenvalue weighted by atomic mass is 10.2. The van der Waals surface area contributed by atoms with Gasteiger partial charge >= 0.3 is 0 Å². The first-order valence-corrected chi connectivity index (χ1v) is 8.65. The summed E-state index contributed by atoms with van der Waals surface area (Å²) in [6, 6.07) is 16.9. The summed E-state index contributed by atoms with van der Waals surface area (Å²) in [7, 11) is 0. The third kappa shape index (κ3) is 4.69. The van der Waals surface area contributed by atoms with E-state index in [1.165, 1.54) is 0 Å². The fourth-order valence-electron chi connectivity index (χ4n) is 2.34. The standard InChI is InChI=1S/C20H21N3O3/c1-2-3-13-21-18(24)14-25-17-11-9-16(10-12-17)20-22-19(23-26-20)15-7-5-4-6-8-15/h4-12H,2-3,13-14H2,1H3,(H,21,24). The average Bonchev–Trinajstić information content (AvgIpc) is 3.18. The highest BCUT2D eigenvalue weighted by molar-refractivity contribution is 5.77. The van der Waals surface area contributed by atoms with Crippen LogP contribution in [0.5, 0.6) is 5.75 Å². The molecular weight excluding hydrogens is 330 g/mol. The molecule has 0 radical (unpaired) electrons. The van der Waals surface area contributed by atoms with E-state index < -0.39 is 0 Å². The number of unbranched alkanes of at least 4 members (excludes halogenated alkanes) is 1. The fraction of sp³-hybridized carbons (Fsp3) is 0.250. The number of amides is 1. The molecule has 1 N–H and O–H groups in total. The summed E-state index contributed by atoms with van der Waals surface area (Å²) >= 11 is 0. The number of rotatable bonds is 8. The minimum absolute atomic E-state index is 0.00176. The molecule has 2 aromatic carbocycles. The summed E-state index contributed by atoms with van der Waals surface area (Å²) in [4.78, 5) is 16.1. The monoisotopic (exact) mass is 351 g/mol. The lowest BCUT2D eigenvalue weighted by Gasteiger charge is -2.07. The highest BCUT2D eigenvalue weighted by atomic mass is 16.5. The number of ether oxygens (including phenoxy) is 1. The van der Waals surface area contributed by atoms with E-state index in [9.17, 15) is 4.79 Å². The van der Waals surface area contributed by atoms with E-state index in [2.05, 4.69) is 22.4 Å². The van der Waals surface area contributed by atoms with Gasteiger partial charge < -0.3 is 14.6 Å². The van der Waals surface area contributed by atoms with Crippen LogP contribution in [0.4, 0.5) is 0 Å². The van der Waals surface area contributed by atoms with Gasteiger partial charge in [-0.25, -0.2) is 0 Å². The van der Waals surface area contributed by atoms with Crippen LogP contribution in [0.2, 0.25) is 0 Å². The number of nitrogens with one attached hydrogen (secondary N) is 1. The molecule has 1 heterocycles. The van der Waals surface area contributed by atoms with Crippen molar-refractivity contribution in [2.75, 3.05) is 13.2 Å². The van der Waals surface area contributed by atoms with Gasteiger partial charge in [-0.2, -0.15) is 4.98 Å². The quantitative estimate of drug-likeness (QED) is 0.626. The molecule has 0 aliphatic rings. The van der Waals surface area contributed by atoms with Gasteiger partial charge in [-0.3, -0.25) is 4.79 Å². The maximum Gasteiger partial charge on any atom is 0.258 e. The van der Waals surface area contributed by atoms with Gasteiger partial charge in [0.05, 0.1) is 0 Å². The van der Waals surface area contributed by atoms with Crippen LogP contribution in [-0.4, -0.2) is 29.2 Å². The average molecular weight is 351 g/mol. The maximum atomic E-state index is 11.6. The van der Waals surface area contributed by atoms with E-state index in [0.717, 1.165) is 24.0 Å². The largest absolute Gasteiger partial charge is 0.484 e. The summed E-state index contributed by atoms with van der Waals surface area (Å²) in [5.41, 5.74) is 1.69. The van der Waals surface area contributed by atoms with E-state index in [-0.39, 0.29) is 12.5 Å². The van der Waals surface area contributed by atoms with Crippen LogP contribution in [0.25, 0.3) is 22.8 Å². The Balaban J connectivity index is 1.58. The van der Waals surface area contributed by atoms with Crippen LogP contribution in [-0.2, 0) is 4.79 Å². The molecule has 134 valence electrons. The number of nitrogens with zero attached hydrogens (tertiary/aromatic N) is 2. The fourth-order valence-corrected chi connectivity index (χ4v) is 2.34. The second-order valence-corrected chi connectivity index (χ2v) is 5.81. The number of hydrogen-bond acceptors (Lipinski definition) is 5. The molecule has 0 aliphatic heterocycles. The van der Waals surface area contributed by atoms with Gasteiger partial charge in [0.2, 0.25) is 5.82 Å². The molecule has 1 amide bonds. The van der Waals surface area contributed by atoms with Gasteiger partial charge in [-0.05, 0) is 30.7 Å². The molecule has 0 saturated heterocycles. The molecular formula is C20H21N3O3. The van der Waals surface area contributed by atoms with Crippen LogP contribution in [0.15, 0.2) is 59.1 Å². The molecule has 6 nitrogen and oxygen atoms in total. The van der Waals surface area contributed by atoms with E-state index in [1.54, 1.807) is 12.1 Å². The number of carbonyl (C=O) groups is 1. The van der Waals surface area contributed by atoms with Crippen molar-refractivity contribution < 1.29 is 14.1 Å². The lowest BCUT2D eigenvalue weighted by molar-refractivity contribution is -0.123. The Morgan fingerprint density at radius 2 is 1.85 bits per heavy atom. The lowest BCUT2D eigenvalue weighted by Crippen LogP contribution is -2.29. The van der Waals surface area contributed by atoms with Gasteiger partial charge in [-0.1, -0.05) is 48.8 Å². The molecule has 1 aromatic heterocycles. The smallest absolute Gasteiger partial charge is 0.258 e. The molecule has 0 atom stereocenters. The first-order valence-electron chi connectivity index (χ1n) is 8.65. The Labute approximate surface area is 152 Å². The van der Waals surface area contributed by atoms with Crippen molar-refractivity contribution in [3.8, 4) is 28.6 Å².